The summed E-state index contributed by atoms with van der Waals surface area (Å²) < 4.78 is 5.75. The smallest absolute Gasteiger partial charge is 0.265 e. The first kappa shape index (κ1) is 18.5. The fourth-order valence-corrected chi connectivity index (χ4v) is 3.71. The molecule has 1 N–H and O–H groups in total. The molecule has 6 nitrogen and oxygen atoms in total. The first-order chi connectivity index (χ1) is 13.6. The summed E-state index contributed by atoms with van der Waals surface area (Å²) in [7, 11) is 2.08. The number of ether oxygens (including phenoxy) is 1. The van der Waals surface area contributed by atoms with Gasteiger partial charge in [-0.1, -0.05) is 24.3 Å². The maximum absolute atomic E-state index is 12.9. The van der Waals surface area contributed by atoms with Crippen LogP contribution in [0, 0.1) is 0 Å². The highest BCUT2D eigenvalue weighted by atomic mass is 16.5. The van der Waals surface area contributed by atoms with Crippen LogP contribution in [0.25, 0.3) is 0 Å². The second-order valence-corrected chi connectivity index (χ2v) is 7.44. The fourth-order valence-electron chi connectivity index (χ4n) is 3.71. The number of nitrogens with one attached hydrogen (secondary N) is 1. The van der Waals surface area contributed by atoms with Crippen LogP contribution in [0.15, 0.2) is 48.5 Å². The van der Waals surface area contributed by atoms with Crippen LogP contribution in [0.2, 0.25) is 0 Å². The Morgan fingerprint density at radius 1 is 1.04 bits per heavy atom. The number of nitrogens with zero attached hydrogens (tertiary/aromatic N) is 2. The molecule has 2 aliphatic rings. The van der Waals surface area contributed by atoms with Crippen LogP contribution in [0.5, 0.6) is 5.75 Å². The summed E-state index contributed by atoms with van der Waals surface area (Å²) >= 11 is 0. The first-order valence-electron chi connectivity index (χ1n) is 9.73. The number of carbonyl (C=O) groups excluding carboxylic acids is 2. The van der Waals surface area contributed by atoms with Crippen molar-refractivity contribution >= 4 is 17.5 Å². The predicted molar refractivity (Wildman–Crippen MR) is 108 cm³/mol. The molecule has 0 saturated carbocycles. The van der Waals surface area contributed by atoms with Crippen molar-refractivity contribution in [1.29, 1.82) is 0 Å². The molecule has 1 saturated heterocycles. The third-order valence-corrected chi connectivity index (χ3v) is 5.32. The van der Waals surface area contributed by atoms with Crippen LogP contribution in [0.4, 0.5) is 5.69 Å². The van der Waals surface area contributed by atoms with E-state index in [1.165, 1.54) is 0 Å². The Kier molecular flexibility index (Phi) is 5.30. The van der Waals surface area contributed by atoms with E-state index in [1.54, 1.807) is 24.3 Å². The van der Waals surface area contributed by atoms with Gasteiger partial charge in [0.05, 0.1) is 0 Å². The highest BCUT2D eigenvalue weighted by molar-refractivity contribution is 5.98. The Hall–Kier alpha value is -2.86. The molecule has 0 aromatic heterocycles. The van der Waals surface area contributed by atoms with Crippen LogP contribution in [0.3, 0.4) is 0 Å². The predicted octanol–water partition coefficient (Wildman–Crippen LogP) is 2.41. The highest BCUT2D eigenvalue weighted by Gasteiger charge is 2.29. The molecule has 0 spiro atoms. The highest BCUT2D eigenvalue weighted by Crippen LogP contribution is 2.28. The minimum Gasteiger partial charge on any atom is -0.480 e. The van der Waals surface area contributed by atoms with Crippen LogP contribution in [0.1, 0.15) is 22.3 Å². The minimum atomic E-state index is -0.544. The van der Waals surface area contributed by atoms with Gasteiger partial charge >= 0.3 is 0 Å². The summed E-state index contributed by atoms with van der Waals surface area (Å²) in [6.45, 7) is 3.36. The van der Waals surface area contributed by atoms with Gasteiger partial charge in [0, 0.05) is 37.3 Å². The van der Waals surface area contributed by atoms with E-state index < -0.39 is 6.10 Å². The van der Waals surface area contributed by atoms with Crippen LogP contribution >= 0.6 is 0 Å². The van der Waals surface area contributed by atoms with E-state index in [4.69, 9.17) is 4.74 Å². The molecule has 0 aliphatic carbocycles. The Bertz CT molecular complexity index is 858. The van der Waals surface area contributed by atoms with Gasteiger partial charge in [-0.15, -0.1) is 0 Å². The third-order valence-electron chi connectivity index (χ3n) is 5.32. The lowest BCUT2D eigenvalue weighted by atomic mass is 10.1. The molecule has 28 heavy (non-hydrogen) atoms. The van der Waals surface area contributed by atoms with Gasteiger partial charge in [-0.05, 0) is 49.8 Å². The van der Waals surface area contributed by atoms with Crippen molar-refractivity contribution in [1.82, 2.24) is 9.80 Å². The molecule has 1 fully saturated rings. The minimum absolute atomic E-state index is 0.0101. The summed E-state index contributed by atoms with van der Waals surface area (Å²) in [5.74, 6) is 0.575. The average Bonchev–Trinajstić information content (AvgIpc) is 3.03. The topological polar surface area (TPSA) is 61.9 Å². The monoisotopic (exact) mass is 379 g/mol. The lowest BCUT2D eigenvalue weighted by Crippen LogP contribution is -2.34. The van der Waals surface area contributed by atoms with Crippen LogP contribution < -0.4 is 10.1 Å². The molecule has 0 bridgehead atoms. The van der Waals surface area contributed by atoms with Crippen molar-refractivity contribution in [2.75, 3.05) is 38.5 Å². The van der Waals surface area contributed by atoms with Gasteiger partial charge in [-0.2, -0.15) is 0 Å². The zero-order chi connectivity index (χ0) is 19.5. The molecule has 2 amide bonds. The molecule has 6 heteroatoms. The summed E-state index contributed by atoms with van der Waals surface area (Å²) in [5, 5.41) is 2.89. The number of fused-ring (bicyclic) bond motifs is 1. The van der Waals surface area contributed by atoms with Gasteiger partial charge in [0.1, 0.15) is 5.75 Å². The number of benzene rings is 2. The maximum Gasteiger partial charge on any atom is 0.265 e. The number of rotatable bonds is 3. The number of anilines is 1. The molecular formula is C22H25N3O3. The van der Waals surface area contributed by atoms with Gasteiger partial charge in [-0.25, -0.2) is 0 Å². The lowest BCUT2D eigenvalue weighted by Gasteiger charge is -2.21. The van der Waals surface area contributed by atoms with E-state index in [1.807, 2.05) is 29.2 Å². The second-order valence-electron chi connectivity index (χ2n) is 7.44. The zero-order valence-corrected chi connectivity index (χ0v) is 16.1. The number of carbonyl (C=O) groups is 2. The van der Waals surface area contributed by atoms with E-state index in [0.717, 1.165) is 43.9 Å². The number of hydrogen-bond donors (Lipinski definition) is 1. The third kappa shape index (κ3) is 4.02. The summed E-state index contributed by atoms with van der Waals surface area (Å²) in [6, 6.07) is 14.8. The van der Waals surface area contributed by atoms with Gasteiger partial charge in [0.15, 0.2) is 6.10 Å². The Morgan fingerprint density at radius 3 is 2.75 bits per heavy atom. The van der Waals surface area contributed by atoms with Crippen LogP contribution in [-0.2, 0) is 11.2 Å². The standard InChI is InChI=1S/C22H25N3O3/c1-24-10-5-11-25(13-12-24)22(27)17-7-4-8-18(14-17)23-21(26)20-15-16-6-2-3-9-19(16)28-20/h2-4,6-9,14,20H,5,10-13,15H2,1H3,(H,23,26). The normalized spacial score (nSPS) is 19.5. The molecule has 0 radical (unpaired) electrons. The van der Waals surface area contributed by atoms with E-state index >= 15 is 0 Å². The molecule has 2 aromatic carbocycles. The fraction of sp³-hybridized carbons (Fsp3) is 0.364. The molecule has 2 aromatic rings. The van der Waals surface area contributed by atoms with Gasteiger partial charge < -0.3 is 19.9 Å². The van der Waals surface area contributed by atoms with Crippen molar-refractivity contribution in [3.8, 4) is 5.75 Å². The number of likely N-dealkylation sites (N-methyl/N-ethyl adjacent to an activating group) is 1. The summed E-state index contributed by atoms with van der Waals surface area (Å²) in [4.78, 5) is 29.6. The van der Waals surface area contributed by atoms with Crippen molar-refractivity contribution in [3.05, 3.63) is 59.7 Å². The van der Waals surface area contributed by atoms with Crippen LogP contribution in [-0.4, -0.2) is 60.9 Å². The Labute approximate surface area is 165 Å². The van der Waals surface area contributed by atoms with Crippen molar-refractivity contribution in [3.63, 3.8) is 0 Å². The van der Waals surface area contributed by atoms with E-state index in [9.17, 15) is 9.59 Å². The average molecular weight is 379 g/mol. The SMILES string of the molecule is CN1CCCN(C(=O)c2cccc(NC(=O)C3Cc4ccccc4O3)c2)CC1. The summed E-state index contributed by atoms with van der Waals surface area (Å²) in [6.07, 6.45) is 0.984. The Balaban J connectivity index is 1.41. The van der Waals surface area contributed by atoms with Crippen molar-refractivity contribution < 1.29 is 14.3 Å². The van der Waals surface area contributed by atoms with Crippen molar-refractivity contribution in [2.45, 2.75) is 18.9 Å². The largest absolute Gasteiger partial charge is 0.480 e. The second kappa shape index (κ2) is 8.02. The lowest BCUT2D eigenvalue weighted by molar-refractivity contribution is -0.122. The number of hydrogen-bond acceptors (Lipinski definition) is 4. The zero-order valence-electron chi connectivity index (χ0n) is 16.1. The van der Waals surface area contributed by atoms with E-state index in [-0.39, 0.29) is 11.8 Å². The molecule has 1 unspecified atom stereocenters. The quantitative estimate of drug-likeness (QED) is 0.890. The van der Waals surface area contributed by atoms with Gasteiger partial charge in [-0.3, -0.25) is 9.59 Å². The first-order valence-corrected chi connectivity index (χ1v) is 9.73. The number of amides is 2. The molecule has 4 rings (SSSR count). The summed E-state index contributed by atoms with van der Waals surface area (Å²) in [5.41, 5.74) is 2.25. The van der Waals surface area contributed by atoms with Gasteiger partial charge in [0.2, 0.25) is 0 Å². The molecule has 2 heterocycles. The number of para-hydroxylation sites is 1. The molecule has 1 atom stereocenters. The van der Waals surface area contributed by atoms with Crippen molar-refractivity contribution in [2.24, 2.45) is 0 Å². The Morgan fingerprint density at radius 2 is 1.89 bits per heavy atom. The maximum atomic E-state index is 12.9. The van der Waals surface area contributed by atoms with Gasteiger partial charge in [0.25, 0.3) is 11.8 Å². The van der Waals surface area contributed by atoms with E-state index in [0.29, 0.717) is 17.7 Å². The molecule has 2 aliphatic heterocycles. The molecular weight excluding hydrogens is 354 g/mol. The molecule has 146 valence electrons. The van der Waals surface area contributed by atoms with E-state index in [2.05, 4.69) is 17.3 Å².